The Balaban J connectivity index is 2.07. The van der Waals surface area contributed by atoms with Gasteiger partial charge in [0.25, 0.3) is 0 Å². The smallest absolute Gasteiger partial charge is 0.214 e. The molecule has 0 aliphatic heterocycles. The van der Waals surface area contributed by atoms with Crippen LogP contribution >= 0.6 is 12.2 Å². The first-order valence-corrected chi connectivity index (χ1v) is 6.51. The van der Waals surface area contributed by atoms with Gasteiger partial charge < -0.3 is 10.5 Å². The number of nitrogens with zero attached hydrogens (tertiary/aromatic N) is 1. The Morgan fingerprint density at radius 2 is 2.18 bits per heavy atom. The zero-order valence-electron chi connectivity index (χ0n) is 10.1. The molecule has 2 rings (SSSR count). The molecule has 0 radical (unpaired) electrons. The van der Waals surface area contributed by atoms with Crippen LogP contribution < -0.4 is 10.5 Å². The second-order valence-electron chi connectivity index (χ2n) is 4.64. The summed E-state index contributed by atoms with van der Waals surface area (Å²) >= 11 is 4.91. The van der Waals surface area contributed by atoms with Crippen molar-refractivity contribution in [3.8, 4) is 5.88 Å². The van der Waals surface area contributed by atoms with Gasteiger partial charge in [0.2, 0.25) is 5.88 Å². The predicted octanol–water partition coefficient (Wildman–Crippen LogP) is 2.67. The van der Waals surface area contributed by atoms with Crippen LogP contribution in [0.1, 0.15) is 38.3 Å². The summed E-state index contributed by atoms with van der Waals surface area (Å²) < 4.78 is 5.93. The second-order valence-corrected chi connectivity index (χ2v) is 5.08. The third-order valence-electron chi connectivity index (χ3n) is 3.28. The van der Waals surface area contributed by atoms with Crippen LogP contribution in [0.15, 0.2) is 18.2 Å². The van der Waals surface area contributed by atoms with E-state index in [2.05, 4.69) is 11.9 Å². The zero-order chi connectivity index (χ0) is 12.3. The van der Waals surface area contributed by atoms with E-state index in [0.717, 1.165) is 6.42 Å². The first-order valence-electron chi connectivity index (χ1n) is 6.10. The third-order valence-corrected chi connectivity index (χ3v) is 3.49. The molecule has 0 spiro atoms. The maximum atomic E-state index is 5.93. The van der Waals surface area contributed by atoms with Crippen molar-refractivity contribution in [3.05, 3.63) is 23.9 Å². The van der Waals surface area contributed by atoms with E-state index in [1.54, 1.807) is 6.07 Å². The minimum Gasteiger partial charge on any atom is -0.474 e. The van der Waals surface area contributed by atoms with Crippen molar-refractivity contribution in [2.24, 2.45) is 11.7 Å². The molecule has 1 saturated carbocycles. The second kappa shape index (κ2) is 5.45. The molecular weight excluding hydrogens is 232 g/mol. The van der Waals surface area contributed by atoms with Gasteiger partial charge in [-0.05, 0) is 31.2 Å². The van der Waals surface area contributed by atoms with Gasteiger partial charge in [0.05, 0.1) is 0 Å². The van der Waals surface area contributed by atoms with Gasteiger partial charge in [0.15, 0.2) is 0 Å². The van der Waals surface area contributed by atoms with Gasteiger partial charge in [0.1, 0.15) is 16.8 Å². The summed E-state index contributed by atoms with van der Waals surface area (Å²) in [5, 5.41) is 0. The average molecular weight is 250 g/mol. The Bertz CT molecular complexity index is 408. The largest absolute Gasteiger partial charge is 0.474 e. The van der Waals surface area contributed by atoms with Crippen molar-refractivity contribution in [2.45, 2.75) is 38.7 Å². The quantitative estimate of drug-likeness (QED) is 0.838. The molecule has 1 aromatic heterocycles. The zero-order valence-corrected chi connectivity index (χ0v) is 10.9. The normalized spacial score (nSPS) is 24.3. The summed E-state index contributed by atoms with van der Waals surface area (Å²) in [6.45, 7) is 2.24. The van der Waals surface area contributed by atoms with E-state index in [-0.39, 0.29) is 6.10 Å². The molecule has 2 N–H and O–H groups in total. The van der Waals surface area contributed by atoms with E-state index < -0.39 is 0 Å². The van der Waals surface area contributed by atoms with Crippen LogP contribution in [0.2, 0.25) is 0 Å². The van der Waals surface area contributed by atoms with Gasteiger partial charge in [-0.1, -0.05) is 31.6 Å². The molecule has 1 aliphatic carbocycles. The molecule has 0 aromatic carbocycles. The van der Waals surface area contributed by atoms with E-state index in [0.29, 0.717) is 22.5 Å². The molecule has 1 aliphatic rings. The van der Waals surface area contributed by atoms with Gasteiger partial charge in [-0.25, -0.2) is 4.98 Å². The summed E-state index contributed by atoms with van der Waals surface area (Å²) in [7, 11) is 0. The van der Waals surface area contributed by atoms with Crippen molar-refractivity contribution >= 4 is 17.2 Å². The van der Waals surface area contributed by atoms with E-state index in [1.165, 1.54) is 19.3 Å². The van der Waals surface area contributed by atoms with E-state index in [9.17, 15) is 0 Å². The van der Waals surface area contributed by atoms with Gasteiger partial charge in [-0.15, -0.1) is 0 Å². The number of hydrogen-bond acceptors (Lipinski definition) is 3. The maximum absolute atomic E-state index is 5.93. The minimum absolute atomic E-state index is 0.276. The molecule has 4 heteroatoms. The summed E-state index contributed by atoms with van der Waals surface area (Å²) in [4.78, 5) is 4.62. The van der Waals surface area contributed by atoms with Gasteiger partial charge in [-0.2, -0.15) is 0 Å². The lowest BCUT2D eigenvalue weighted by Crippen LogP contribution is -2.28. The first-order chi connectivity index (χ1) is 8.16. The number of rotatable bonds is 3. The average Bonchev–Trinajstić information content (AvgIpc) is 2.32. The molecule has 1 heterocycles. The summed E-state index contributed by atoms with van der Waals surface area (Å²) in [5.41, 5.74) is 6.18. The predicted molar refractivity (Wildman–Crippen MR) is 72.2 cm³/mol. The van der Waals surface area contributed by atoms with Gasteiger partial charge in [0, 0.05) is 6.07 Å². The fraction of sp³-hybridized carbons (Fsp3) is 0.538. The maximum Gasteiger partial charge on any atom is 0.214 e. The Labute approximate surface area is 107 Å². The third kappa shape index (κ3) is 3.16. The number of ether oxygens (including phenoxy) is 1. The Morgan fingerprint density at radius 1 is 1.41 bits per heavy atom. The highest BCUT2D eigenvalue weighted by Gasteiger charge is 2.23. The number of nitrogens with two attached hydrogens (primary N) is 1. The van der Waals surface area contributed by atoms with Crippen LogP contribution in [0.3, 0.4) is 0 Å². The number of hydrogen-bond donors (Lipinski definition) is 1. The summed E-state index contributed by atoms with van der Waals surface area (Å²) in [5.74, 6) is 1.23. The van der Waals surface area contributed by atoms with Crippen LogP contribution in [-0.2, 0) is 0 Å². The fourth-order valence-corrected chi connectivity index (χ4v) is 2.34. The van der Waals surface area contributed by atoms with Crippen molar-refractivity contribution in [3.63, 3.8) is 0 Å². The monoisotopic (exact) mass is 250 g/mol. The molecule has 1 fully saturated rings. The molecule has 92 valence electrons. The van der Waals surface area contributed by atoms with E-state index in [4.69, 9.17) is 22.7 Å². The lowest BCUT2D eigenvalue weighted by atomic mass is 9.88. The highest BCUT2D eigenvalue weighted by Crippen LogP contribution is 2.27. The molecule has 2 atom stereocenters. The minimum atomic E-state index is 0.276. The van der Waals surface area contributed by atoms with Gasteiger partial charge >= 0.3 is 0 Å². The van der Waals surface area contributed by atoms with E-state index >= 15 is 0 Å². The topological polar surface area (TPSA) is 48.1 Å². The number of aromatic nitrogens is 1. The standard InChI is InChI=1S/C13H18N2OS/c1-9-5-2-3-7-11(9)16-12-8-4-6-10(15-12)13(14)17/h4,6,8-9,11H,2-3,5,7H2,1H3,(H2,14,17). The molecule has 1 aromatic rings. The molecule has 0 bridgehead atoms. The molecule has 17 heavy (non-hydrogen) atoms. The highest BCUT2D eigenvalue weighted by atomic mass is 32.1. The van der Waals surface area contributed by atoms with Crippen molar-refractivity contribution < 1.29 is 4.74 Å². The van der Waals surface area contributed by atoms with Crippen LogP contribution in [0, 0.1) is 5.92 Å². The lowest BCUT2D eigenvalue weighted by Gasteiger charge is -2.28. The first kappa shape index (κ1) is 12.3. The Kier molecular flexibility index (Phi) is 3.94. The molecule has 3 nitrogen and oxygen atoms in total. The van der Waals surface area contributed by atoms with Crippen molar-refractivity contribution in [1.82, 2.24) is 4.98 Å². The van der Waals surface area contributed by atoms with E-state index in [1.807, 2.05) is 12.1 Å². The number of thiocarbonyl (C=S) groups is 1. The molecule has 0 saturated heterocycles. The summed E-state index contributed by atoms with van der Waals surface area (Å²) in [6, 6.07) is 5.55. The fourth-order valence-electron chi connectivity index (χ4n) is 2.23. The van der Waals surface area contributed by atoms with Crippen molar-refractivity contribution in [2.75, 3.05) is 0 Å². The Morgan fingerprint density at radius 3 is 2.88 bits per heavy atom. The van der Waals surface area contributed by atoms with Crippen LogP contribution in [0.5, 0.6) is 5.88 Å². The van der Waals surface area contributed by atoms with Crippen LogP contribution in [0.4, 0.5) is 0 Å². The summed E-state index contributed by atoms with van der Waals surface area (Å²) in [6.07, 6.45) is 5.17. The Hall–Kier alpha value is -1.16. The van der Waals surface area contributed by atoms with Crippen LogP contribution in [-0.4, -0.2) is 16.1 Å². The van der Waals surface area contributed by atoms with Crippen molar-refractivity contribution in [1.29, 1.82) is 0 Å². The number of pyridine rings is 1. The highest BCUT2D eigenvalue weighted by molar-refractivity contribution is 7.80. The molecule has 0 amide bonds. The van der Waals surface area contributed by atoms with Gasteiger partial charge in [-0.3, -0.25) is 0 Å². The lowest BCUT2D eigenvalue weighted by molar-refractivity contribution is 0.0975. The molecular formula is C13H18N2OS. The molecule has 2 unspecified atom stereocenters. The SMILES string of the molecule is CC1CCCCC1Oc1cccc(C(N)=S)n1. The van der Waals surface area contributed by atoms with Crippen LogP contribution in [0.25, 0.3) is 0 Å².